The second-order valence-corrected chi connectivity index (χ2v) is 8.44. The monoisotopic (exact) mass is 428 g/mol. The Hall–Kier alpha value is -2.73. The van der Waals surface area contributed by atoms with Gasteiger partial charge in [-0.1, -0.05) is 6.07 Å². The first-order valence-corrected chi connectivity index (χ1v) is 10.6. The number of nitrogens with zero attached hydrogens (tertiary/aromatic N) is 1. The predicted molar refractivity (Wildman–Crippen MR) is 120 cm³/mol. The Kier molecular flexibility index (Phi) is 7.11. The largest absolute Gasteiger partial charge is 0.493 e. The van der Waals surface area contributed by atoms with E-state index in [0.717, 1.165) is 59.0 Å². The minimum Gasteiger partial charge on any atom is -0.493 e. The van der Waals surface area contributed by atoms with Crippen LogP contribution in [-0.2, 0) is 17.6 Å². The van der Waals surface area contributed by atoms with E-state index in [1.807, 2.05) is 12.1 Å². The van der Waals surface area contributed by atoms with Crippen LogP contribution in [0, 0.1) is 0 Å². The first-order chi connectivity index (χ1) is 14.8. The Morgan fingerprint density at radius 2 is 1.55 bits per heavy atom. The number of likely N-dealkylation sites (N-methyl/N-ethyl adjacent to an activating group) is 1. The molecule has 168 valence electrons. The molecule has 1 heterocycles. The van der Waals surface area contributed by atoms with Gasteiger partial charge in [0.2, 0.25) is 0 Å². The molecule has 0 bridgehead atoms. The van der Waals surface area contributed by atoms with Gasteiger partial charge in [-0.25, -0.2) is 0 Å². The molecule has 2 aromatic rings. The summed E-state index contributed by atoms with van der Waals surface area (Å²) >= 11 is 0. The van der Waals surface area contributed by atoms with E-state index in [4.69, 9.17) is 18.9 Å². The van der Waals surface area contributed by atoms with Crippen LogP contribution in [0.4, 0.5) is 0 Å². The summed E-state index contributed by atoms with van der Waals surface area (Å²) in [6.45, 7) is 3.44. The minimum atomic E-state index is 0.181. The topological polar surface area (TPSA) is 54.0 Å². The maximum Gasteiger partial charge on any atom is 0.161 e. The van der Waals surface area contributed by atoms with E-state index in [1.54, 1.807) is 35.4 Å². The fourth-order valence-electron chi connectivity index (χ4n) is 4.57. The second kappa shape index (κ2) is 9.60. The van der Waals surface area contributed by atoms with Crippen LogP contribution in [0.3, 0.4) is 0 Å². The van der Waals surface area contributed by atoms with Crippen molar-refractivity contribution in [3.63, 3.8) is 0 Å². The third kappa shape index (κ3) is 4.79. The van der Waals surface area contributed by atoms with Gasteiger partial charge in [0.1, 0.15) is 11.8 Å². The molecule has 0 aromatic heterocycles. The molecule has 0 amide bonds. The molecule has 0 spiro atoms. The highest BCUT2D eigenvalue weighted by Crippen LogP contribution is 2.43. The van der Waals surface area contributed by atoms with Gasteiger partial charge in [0.15, 0.2) is 23.0 Å². The summed E-state index contributed by atoms with van der Waals surface area (Å²) in [5.41, 5.74) is 3.70. The standard InChI is InChI=1S/C25H34NO5/c1-17(27)9-11-26(2)12-10-19-15-24(30-5)25(31-6)16-20(19)21(26)13-18-7-8-22(28-3)23(14-18)29-4/h7-8,14-16,21H,9-13H2,1-6H3/q+1/t21-,26?/m1/s1. The SMILES string of the molecule is COc1ccc(C[C@@H]2c3cc(OC)c(OC)cc3CC[N+]2(C)CCC(C)=O)cc1OC. The molecule has 0 N–H and O–H groups in total. The molecule has 6 heteroatoms. The Labute approximate surface area is 185 Å². The van der Waals surface area contributed by atoms with E-state index in [-0.39, 0.29) is 11.8 Å². The molecule has 0 radical (unpaired) electrons. The normalized spacial score (nSPS) is 20.0. The lowest BCUT2D eigenvalue weighted by atomic mass is 9.86. The first-order valence-electron chi connectivity index (χ1n) is 10.6. The van der Waals surface area contributed by atoms with Crippen LogP contribution in [-0.4, -0.2) is 58.8 Å². The number of ether oxygens (including phenoxy) is 4. The summed E-state index contributed by atoms with van der Waals surface area (Å²) < 4.78 is 22.9. The molecule has 1 unspecified atom stereocenters. The van der Waals surface area contributed by atoms with Crippen molar-refractivity contribution in [2.45, 2.75) is 32.2 Å². The Bertz CT molecular complexity index is 942. The minimum absolute atomic E-state index is 0.181. The van der Waals surface area contributed by atoms with Crippen molar-refractivity contribution in [2.75, 3.05) is 48.6 Å². The van der Waals surface area contributed by atoms with Crippen molar-refractivity contribution < 1.29 is 28.2 Å². The van der Waals surface area contributed by atoms with Gasteiger partial charge < -0.3 is 23.4 Å². The Morgan fingerprint density at radius 1 is 0.935 bits per heavy atom. The lowest BCUT2D eigenvalue weighted by Crippen LogP contribution is -2.52. The number of carbonyl (C=O) groups is 1. The quantitative estimate of drug-likeness (QED) is 0.566. The zero-order chi connectivity index (χ0) is 22.6. The van der Waals surface area contributed by atoms with Crippen LogP contribution in [0.5, 0.6) is 23.0 Å². The van der Waals surface area contributed by atoms with Crippen LogP contribution in [0.1, 0.15) is 36.1 Å². The number of benzene rings is 2. The lowest BCUT2D eigenvalue weighted by molar-refractivity contribution is -0.940. The molecule has 0 saturated heterocycles. The molecule has 1 aliphatic rings. The molecule has 0 fully saturated rings. The summed E-state index contributed by atoms with van der Waals surface area (Å²) in [4.78, 5) is 11.8. The lowest BCUT2D eigenvalue weighted by Gasteiger charge is -2.46. The van der Waals surface area contributed by atoms with Crippen LogP contribution in [0.15, 0.2) is 30.3 Å². The number of hydrogen-bond acceptors (Lipinski definition) is 5. The van der Waals surface area contributed by atoms with Crippen LogP contribution >= 0.6 is 0 Å². The number of rotatable bonds is 9. The summed E-state index contributed by atoms with van der Waals surface area (Å²) in [5, 5.41) is 0. The molecule has 0 aliphatic carbocycles. The smallest absolute Gasteiger partial charge is 0.161 e. The molecule has 2 aromatic carbocycles. The molecular weight excluding hydrogens is 394 g/mol. The van der Waals surface area contributed by atoms with Gasteiger partial charge >= 0.3 is 0 Å². The molecule has 0 saturated carbocycles. The van der Waals surface area contributed by atoms with Gasteiger partial charge in [-0.05, 0) is 42.3 Å². The third-order valence-electron chi connectivity index (χ3n) is 6.50. The summed E-state index contributed by atoms with van der Waals surface area (Å²) in [6, 6.07) is 10.5. The molecule has 2 atom stereocenters. The third-order valence-corrected chi connectivity index (χ3v) is 6.50. The van der Waals surface area contributed by atoms with Crippen LogP contribution in [0.25, 0.3) is 0 Å². The fourth-order valence-corrected chi connectivity index (χ4v) is 4.57. The maximum atomic E-state index is 11.8. The van der Waals surface area contributed by atoms with Crippen LogP contribution < -0.4 is 18.9 Å². The van der Waals surface area contributed by atoms with E-state index >= 15 is 0 Å². The zero-order valence-electron chi connectivity index (χ0n) is 19.5. The summed E-state index contributed by atoms with van der Waals surface area (Å²) in [5.74, 6) is 3.16. The summed E-state index contributed by atoms with van der Waals surface area (Å²) in [7, 11) is 8.89. The summed E-state index contributed by atoms with van der Waals surface area (Å²) in [6.07, 6.45) is 2.32. The molecule has 3 rings (SSSR count). The number of carbonyl (C=O) groups excluding carboxylic acids is 1. The second-order valence-electron chi connectivity index (χ2n) is 8.44. The van der Waals surface area contributed by atoms with E-state index < -0.39 is 0 Å². The Balaban J connectivity index is 2.06. The average Bonchev–Trinajstić information content (AvgIpc) is 2.78. The number of methoxy groups -OCH3 is 4. The molecule has 31 heavy (non-hydrogen) atoms. The van der Waals surface area contributed by atoms with E-state index in [2.05, 4.69) is 25.2 Å². The number of ketones is 1. The van der Waals surface area contributed by atoms with Gasteiger partial charge in [-0.15, -0.1) is 0 Å². The highest BCUT2D eigenvalue weighted by Gasteiger charge is 2.40. The molecular formula is C25H34NO5+. The van der Waals surface area contributed by atoms with Gasteiger partial charge in [0, 0.05) is 18.4 Å². The van der Waals surface area contributed by atoms with Gasteiger partial charge in [0.25, 0.3) is 0 Å². The van der Waals surface area contributed by atoms with Crippen molar-refractivity contribution in [2.24, 2.45) is 0 Å². The highest BCUT2D eigenvalue weighted by molar-refractivity contribution is 5.75. The van der Waals surface area contributed by atoms with Gasteiger partial charge in [0.05, 0.1) is 55.0 Å². The van der Waals surface area contributed by atoms with Gasteiger partial charge in [-0.3, -0.25) is 4.79 Å². The fraction of sp³-hybridized carbons (Fsp3) is 0.480. The number of Topliss-reactive ketones (excluding diaryl/α,β-unsaturated/α-hetero) is 1. The Morgan fingerprint density at radius 3 is 2.16 bits per heavy atom. The predicted octanol–water partition coefficient (Wildman–Crippen LogP) is 3.99. The average molecular weight is 429 g/mol. The van der Waals surface area contributed by atoms with E-state index in [0.29, 0.717) is 6.42 Å². The molecule has 1 aliphatic heterocycles. The number of quaternary nitrogens is 1. The van der Waals surface area contributed by atoms with E-state index in [1.165, 1.54) is 11.1 Å². The van der Waals surface area contributed by atoms with Crippen molar-refractivity contribution in [3.05, 3.63) is 47.0 Å². The van der Waals surface area contributed by atoms with Gasteiger partial charge in [-0.2, -0.15) is 0 Å². The molecule has 6 nitrogen and oxygen atoms in total. The van der Waals surface area contributed by atoms with E-state index in [9.17, 15) is 4.79 Å². The number of hydrogen-bond donors (Lipinski definition) is 0. The van der Waals surface area contributed by atoms with Crippen molar-refractivity contribution in [3.8, 4) is 23.0 Å². The van der Waals surface area contributed by atoms with Crippen molar-refractivity contribution in [1.29, 1.82) is 0 Å². The first kappa shape index (κ1) is 22.9. The maximum absolute atomic E-state index is 11.8. The highest BCUT2D eigenvalue weighted by atomic mass is 16.5. The van der Waals surface area contributed by atoms with Crippen molar-refractivity contribution in [1.82, 2.24) is 0 Å². The zero-order valence-corrected chi connectivity index (χ0v) is 19.5. The van der Waals surface area contributed by atoms with Crippen molar-refractivity contribution >= 4 is 5.78 Å². The number of fused-ring (bicyclic) bond motifs is 1. The van der Waals surface area contributed by atoms with Crippen LogP contribution in [0.2, 0.25) is 0 Å².